The first-order valence-electron chi connectivity index (χ1n) is 5.11. The van der Waals surface area contributed by atoms with E-state index in [2.05, 4.69) is 10.2 Å². The molecule has 0 aliphatic rings. The molecule has 2 aromatic rings. The van der Waals surface area contributed by atoms with Crippen molar-refractivity contribution in [1.29, 1.82) is 0 Å². The maximum Gasteiger partial charge on any atom is 0.245 e. The summed E-state index contributed by atoms with van der Waals surface area (Å²) < 4.78 is 0. The van der Waals surface area contributed by atoms with Crippen molar-refractivity contribution in [2.75, 3.05) is 0 Å². The van der Waals surface area contributed by atoms with Gasteiger partial charge in [-0.15, -0.1) is 4.91 Å². The van der Waals surface area contributed by atoms with Crippen molar-refractivity contribution in [1.82, 2.24) is 0 Å². The number of phenols is 1. The standard InChI is InChI=1S/C13H10N2O2/c16-13-7-2-1-6-12(13)14-9-10-4-3-5-11(8-10)15-17/h1-9,16H/p+1. The van der Waals surface area contributed by atoms with Crippen LogP contribution in [0.15, 0.2) is 53.7 Å². The summed E-state index contributed by atoms with van der Waals surface area (Å²) >= 11 is 0. The molecule has 0 spiro atoms. The van der Waals surface area contributed by atoms with Crippen LogP contribution in [0, 0.1) is 4.91 Å². The minimum atomic E-state index is 0.174. The van der Waals surface area contributed by atoms with Gasteiger partial charge in [0.2, 0.25) is 5.69 Å². The van der Waals surface area contributed by atoms with Crippen LogP contribution in [-0.4, -0.2) is 11.3 Å². The van der Waals surface area contributed by atoms with Crippen molar-refractivity contribution >= 4 is 17.6 Å². The molecule has 2 N–H and O–H groups in total. The molecular weight excluding hydrogens is 216 g/mol. The monoisotopic (exact) mass is 227 g/mol. The third-order valence-electron chi connectivity index (χ3n) is 2.27. The quantitative estimate of drug-likeness (QED) is 0.475. The van der Waals surface area contributed by atoms with Gasteiger partial charge in [-0.25, -0.2) is 4.99 Å². The number of aromatic hydroxyl groups is 1. The lowest BCUT2D eigenvalue weighted by Crippen LogP contribution is -2.61. The second-order valence-electron chi connectivity index (χ2n) is 3.49. The summed E-state index contributed by atoms with van der Waals surface area (Å²) in [7, 11) is 0. The number of rotatable bonds is 3. The molecule has 0 atom stereocenters. The van der Waals surface area contributed by atoms with E-state index in [9.17, 15) is 10.0 Å². The zero-order valence-corrected chi connectivity index (χ0v) is 9.00. The SMILES string of the molecule is O=Nc1cccc(C=[NH+]c2ccccc2O)c1. The molecule has 0 aromatic heterocycles. The van der Waals surface area contributed by atoms with E-state index >= 15 is 0 Å². The molecule has 0 unspecified atom stereocenters. The van der Waals surface area contributed by atoms with Crippen molar-refractivity contribution in [2.24, 2.45) is 5.18 Å². The van der Waals surface area contributed by atoms with Gasteiger partial charge in [0, 0.05) is 11.6 Å². The molecule has 84 valence electrons. The van der Waals surface area contributed by atoms with Gasteiger partial charge >= 0.3 is 0 Å². The van der Waals surface area contributed by atoms with Gasteiger partial charge in [-0.05, 0) is 29.4 Å². The highest BCUT2D eigenvalue weighted by molar-refractivity contribution is 5.77. The maximum absolute atomic E-state index is 10.4. The van der Waals surface area contributed by atoms with Gasteiger partial charge in [-0.3, -0.25) is 0 Å². The first-order valence-corrected chi connectivity index (χ1v) is 5.11. The first-order chi connectivity index (χ1) is 8.29. The van der Waals surface area contributed by atoms with Gasteiger partial charge in [0.25, 0.3) is 0 Å². The number of nitrogens with one attached hydrogen (secondary N) is 1. The van der Waals surface area contributed by atoms with E-state index in [0.29, 0.717) is 11.4 Å². The number of nitrogens with zero attached hydrogens (tertiary/aromatic N) is 1. The van der Waals surface area contributed by atoms with Crippen LogP contribution in [0.5, 0.6) is 5.75 Å². The zero-order chi connectivity index (χ0) is 12.1. The van der Waals surface area contributed by atoms with Crippen molar-refractivity contribution in [3.05, 3.63) is 59.0 Å². The molecule has 0 heterocycles. The summed E-state index contributed by atoms with van der Waals surface area (Å²) in [5.74, 6) is 0.174. The van der Waals surface area contributed by atoms with Crippen LogP contribution in [0.2, 0.25) is 0 Å². The Labute approximate surface area is 98.2 Å². The van der Waals surface area contributed by atoms with Gasteiger partial charge in [-0.1, -0.05) is 18.2 Å². The highest BCUT2D eigenvalue weighted by atomic mass is 16.3. The Morgan fingerprint density at radius 2 is 1.94 bits per heavy atom. The van der Waals surface area contributed by atoms with Crippen LogP contribution in [-0.2, 0) is 0 Å². The average Bonchev–Trinajstić information content (AvgIpc) is 2.38. The molecular formula is C13H11N2O2+. The normalized spacial score (nSPS) is 10.6. The maximum atomic E-state index is 10.4. The Morgan fingerprint density at radius 3 is 2.71 bits per heavy atom. The number of phenolic OH excluding ortho intramolecular Hbond substituents is 1. The Morgan fingerprint density at radius 1 is 1.12 bits per heavy atom. The topological polar surface area (TPSA) is 63.6 Å². The minimum Gasteiger partial charge on any atom is -0.502 e. The van der Waals surface area contributed by atoms with Gasteiger partial charge in [0.15, 0.2) is 12.0 Å². The van der Waals surface area contributed by atoms with Crippen molar-refractivity contribution in [2.45, 2.75) is 0 Å². The van der Waals surface area contributed by atoms with Gasteiger partial charge < -0.3 is 5.11 Å². The van der Waals surface area contributed by atoms with E-state index in [1.54, 1.807) is 42.6 Å². The molecule has 0 saturated carbocycles. The molecule has 0 saturated heterocycles. The number of benzene rings is 2. The number of nitroso groups, excluding NO2 is 1. The van der Waals surface area contributed by atoms with Crippen LogP contribution in [0.3, 0.4) is 0 Å². The third-order valence-corrected chi connectivity index (χ3v) is 2.27. The Kier molecular flexibility index (Phi) is 3.25. The van der Waals surface area contributed by atoms with E-state index in [4.69, 9.17) is 0 Å². The molecule has 0 bridgehead atoms. The zero-order valence-electron chi connectivity index (χ0n) is 9.00. The van der Waals surface area contributed by atoms with E-state index < -0.39 is 0 Å². The highest BCUT2D eigenvalue weighted by Crippen LogP contribution is 2.15. The van der Waals surface area contributed by atoms with E-state index in [-0.39, 0.29) is 5.75 Å². The molecule has 2 rings (SSSR count). The predicted molar refractivity (Wildman–Crippen MR) is 65.8 cm³/mol. The summed E-state index contributed by atoms with van der Waals surface area (Å²) in [5, 5.41) is 12.4. The Hall–Kier alpha value is -2.49. The first kappa shape index (κ1) is 11.0. The molecule has 0 fully saturated rings. The van der Waals surface area contributed by atoms with Crippen LogP contribution >= 0.6 is 0 Å². The van der Waals surface area contributed by atoms with Crippen LogP contribution in [0.4, 0.5) is 11.4 Å². The smallest absolute Gasteiger partial charge is 0.245 e. The average molecular weight is 227 g/mol. The number of para-hydroxylation sites is 2. The van der Waals surface area contributed by atoms with Crippen molar-refractivity contribution in [3.8, 4) is 5.75 Å². The number of hydrogen-bond acceptors (Lipinski definition) is 3. The molecule has 0 radical (unpaired) electrons. The van der Waals surface area contributed by atoms with Gasteiger partial charge in [0.05, 0.1) is 0 Å². The summed E-state index contributed by atoms with van der Waals surface area (Å²) in [6, 6.07) is 13.8. The van der Waals surface area contributed by atoms with Gasteiger partial charge in [0.1, 0.15) is 5.69 Å². The summed E-state index contributed by atoms with van der Waals surface area (Å²) in [6.07, 6.45) is 1.70. The molecule has 0 aliphatic heterocycles. The van der Waals surface area contributed by atoms with Crippen LogP contribution in [0.1, 0.15) is 5.56 Å². The summed E-state index contributed by atoms with van der Waals surface area (Å²) in [4.78, 5) is 13.3. The molecule has 0 aliphatic carbocycles. The summed E-state index contributed by atoms with van der Waals surface area (Å²) in [5.41, 5.74) is 1.79. The van der Waals surface area contributed by atoms with Crippen LogP contribution < -0.4 is 4.99 Å². The lowest BCUT2D eigenvalue weighted by Gasteiger charge is -1.92. The van der Waals surface area contributed by atoms with Gasteiger partial charge in [-0.2, -0.15) is 0 Å². The highest BCUT2D eigenvalue weighted by Gasteiger charge is 2.02. The molecule has 17 heavy (non-hydrogen) atoms. The van der Waals surface area contributed by atoms with E-state index in [1.165, 1.54) is 0 Å². The predicted octanol–water partition coefficient (Wildman–Crippen LogP) is 1.62. The fourth-order valence-electron chi connectivity index (χ4n) is 1.43. The second-order valence-corrected chi connectivity index (χ2v) is 3.49. The molecule has 4 heteroatoms. The third kappa shape index (κ3) is 2.75. The van der Waals surface area contributed by atoms with E-state index in [0.717, 1.165) is 5.56 Å². The lowest BCUT2D eigenvalue weighted by atomic mass is 10.2. The fourth-order valence-corrected chi connectivity index (χ4v) is 1.43. The molecule has 0 amide bonds. The fraction of sp³-hybridized carbons (Fsp3) is 0. The van der Waals surface area contributed by atoms with Crippen molar-refractivity contribution < 1.29 is 10.1 Å². The second kappa shape index (κ2) is 5.03. The van der Waals surface area contributed by atoms with Crippen LogP contribution in [0.25, 0.3) is 0 Å². The molecule has 4 nitrogen and oxygen atoms in total. The Balaban J connectivity index is 2.26. The lowest BCUT2D eigenvalue weighted by molar-refractivity contribution is -0.348. The molecule has 2 aromatic carbocycles. The largest absolute Gasteiger partial charge is 0.502 e. The summed E-state index contributed by atoms with van der Waals surface area (Å²) in [6.45, 7) is 0. The van der Waals surface area contributed by atoms with E-state index in [1.807, 2.05) is 12.1 Å². The van der Waals surface area contributed by atoms with Crippen molar-refractivity contribution in [3.63, 3.8) is 0 Å². The Bertz CT molecular complexity index is 565. The minimum absolute atomic E-state index is 0.174. The number of hydrogen-bond donors (Lipinski definition) is 2.